The zero-order chi connectivity index (χ0) is 38.2. The molecule has 0 aliphatic carbocycles. The average molecular weight is 825 g/mol. The first-order valence-corrected chi connectivity index (χ1v) is 22.1. The molecule has 0 aliphatic rings. The molecule has 11 heteroatoms. The number of ether oxygens (including phenoxy) is 1. The second-order valence-corrected chi connectivity index (χ2v) is 22.2. The standard InChI is InChI=1S/C43H37BrClFN3O4P/c1-53-43(52)48-34-21-22-38(30-25-31(27-33(46)26-30)42(51)39-23-20-32(45)29-47-39)40(28-34)49-41(50)19-11-12-24-54(44,35-13-5-2-6-14-35,36-15-7-3-8-16-36)37-17-9-4-10-18-37/h2-10,13-18,20-23,25-29H,11-12,19,24H2,1H3,(H,48,52)(H,49,50). The predicted molar refractivity (Wildman–Crippen MR) is 222 cm³/mol. The molecular formula is C43H37BrClFN3O4P. The summed E-state index contributed by atoms with van der Waals surface area (Å²) in [5.41, 5.74) is 1.63. The van der Waals surface area contributed by atoms with Crippen LogP contribution in [0.3, 0.4) is 0 Å². The monoisotopic (exact) mass is 823 g/mol. The van der Waals surface area contributed by atoms with Crippen LogP contribution in [0.1, 0.15) is 35.3 Å². The molecule has 0 spiro atoms. The molecule has 0 unspecified atom stereocenters. The van der Waals surface area contributed by atoms with Crippen LogP contribution in [0.15, 0.2) is 146 Å². The summed E-state index contributed by atoms with van der Waals surface area (Å²) in [6.45, 7) is 0. The molecule has 0 bridgehead atoms. The average Bonchev–Trinajstić information content (AvgIpc) is 3.20. The van der Waals surface area contributed by atoms with Crippen molar-refractivity contribution in [2.45, 2.75) is 19.3 Å². The van der Waals surface area contributed by atoms with Crippen molar-refractivity contribution in [1.82, 2.24) is 4.98 Å². The molecule has 0 atom stereocenters. The van der Waals surface area contributed by atoms with E-state index in [0.717, 1.165) is 18.6 Å². The number of pyridine rings is 1. The van der Waals surface area contributed by atoms with Gasteiger partial charge in [-0.3, -0.25) is 9.78 Å². The summed E-state index contributed by atoms with van der Waals surface area (Å²) in [5, 5.41) is 6.39. The van der Waals surface area contributed by atoms with E-state index in [0.29, 0.717) is 33.9 Å². The summed E-state index contributed by atoms with van der Waals surface area (Å²) in [5.74, 6) is -1.41. The van der Waals surface area contributed by atoms with Crippen LogP contribution >= 0.6 is 32.4 Å². The first-order chi connectivity index (χ1) is 26.1. The fourth-order valence-corrected chi connectivity index (χ4v) is 14.5. The molecule has 0 aliphatic heterocycles. The molecule has 1 heterocycles. The van der Waals surface area contributed by atoms with Gasteiger partial charge in [0.05, 0.1) is 12.1 Å². The third kappa shape index (κ3) is 8.29. The van der Waals surface area contributed by atoms with Crippen molar-refractivity contribution >= 4 is 77.5 Å². The van der Waals surface area contributed by atoms with Gasteiger partial charge in [-0.25, -0.2) is 0 Å². The number of aromatic nitrogens is 1. The number of carbonyl (C=O) groups is 3. The minimum absolute atomic E-state index is 0.0696. The van der Waals surface area contributed by atoms with Gasteiger partial charge in [-0.1, -0.05) is 11.6 Å². The van der Waals surface area contributed by atoms with Crippen molar-refractivity contribution in [3.8, 4) is 11.1 Å². The predicted octanol–water partition coefficient (Wildman–Crippen LogP) is 9.90. The fourth-order valence-electron chi connectivity index (χ4n) is 6.64. The van der Waals surface area contributed by atoms with Crippen molar-refractivity contribution in [3.05, 3.63) is 168 Å². The Morgan fingerprint density at radius 3 is 1.93 bits per heavy atom. The second-order valence-electron chi connectivity index (χ2n) is 12.7. The van der Waals surface area contributed by atoms with Crippen LogP contribution in [0.25, 0.3) is 11.1 Å². The van der Waals surface area contributed by atoms with Crippen LogP contribution in [0, 0.1) is 5.82 Å². The number of nitrogens with one attached hydrogen (secondary N) is 2. The van der Waals surface area contributed by atoms with Crippen molar-refractivity contribution in [2.24, 2.45) is 0 Å². The molecule has 2 N–H and O–H groups in total. The third-order valence-electron chi connectivity index (χ3n) is 9.27. The molecule has 6 aromatic rings. The number of methoxy groups -OCH3 is 1. The van der Waals surface area contributed by atoms with Crippen LogP contribution < -0.4 is 26.5 Å². The van der Waals surface area contributed by atoms with Gasteiger partial charge in [-0.2, -0.15) is 0 Å². The number of amides is 2. The van der Waals surface area contributed by atoms with E-state index in [-0.39, 0.29) is 23.6 Å². The Morgan fingerprint density at radius 1 is 0.759 bits per heavy atom. The molecule has 2 amide bonds. The molecule has 0 saturated carbocycles. The van der Waals surface area contributed by atoms with Gasteiger partial charge < -0.3 is 0 Å². The van der Waals surface area contributed by atoms with Gasteiger partial charge in [0.2, 0.25) is 0 Å². The normalized spacial score (nSPS) is 11.9. The number of carbonyl (C=O) groups excluding carboxylic acids is 3. The Hall–Kier alpha value is -5.21. The number of halogens is 3. The van der Waals surface area contributed by atoms with Crippen molar-refractivity contribution < 1.29 is 23.5 Å². The molecule has 6 rings (SSSR count). The molecular weight excluding hydrogens is 788 g/mol. The van der Waals surface area contributed by atoms with E-state index >= 15 is 4.39 Å². The minimum atomic E-state index is -3.16. The maximum atomic E-state index is 15.1. The molecule has 0 fully saturated rings. The summed E-state index contributed by atoms with van der Waals surface area (Å²) in [4.78, 5) is 43.1. The van der Waals surface area contributed by atoms with Gasteiger partial charge in [0.25, 0.3) is 0 Å². The number of ketones is 1. The Kier molecular flexibility index (Phi) is 12.0. The summed E-state index contributed by atoms with van der Waals surface area (Å²) < 4.78 is 19.8. The Morgan fingerprint density at radius 2 is 1.37 bits per heavy atom. The zero-order valence-electron chi connectivity index (χ0n) is 29.3. The van der Waals surface area contributed by atoms with E-state index in [4.69, 9.17) is 16.3 Å². The van der Waals surface area contributed by atoms with E-state index < -0.39 is 23.0 Å². The molecule has 5 aromatic carbocycles. The van der Waals surface area contributed by atoms with E-state index in [9.17, 15) is 14.4 Å². The molecule has 0 radical (unpaired) electrons. The third-order valence-corrected chi connectivity index (χ3v) is 19.5. The van der Waals surface area contributed by atoms with Crippen LogP contribution in [0.4, 0.5) is 20.6 Å². The molecule has 54 heavy (non-hydrogen) atoms. The van der Waals surface area contributed by atoms with Crippen LogP contribution in [-0.2, 0) is 9.53 Å². The van der Waals surface area contributed by atoms with Crippen LogP contribution in [-0.4, -0.2) is 36.0 Å². The summed E-state index contributed by atoms with van der Waals surface area (Å²) in [7, 11) is 1.25. The van der Waals surface area contributed by atoms with Gasteiger partial charge in [-0.15, -0.1) is 0 Å². The van der Waals surface area contributed by atoms with Gasteiger partial charge in [-0.05, 0) is 12.1 Å². The Labute approximate surface area is 326 Å². The number of benzene rings is 5. The summed E-state index contributed by atoms with van der Waals surface area (Å²) in [6, 6.07) is 43.2. The molecule has 7 nitrogen and oxygen atoms in total. The number of rotatable bonds is 13. The van der Waals surface area contributed by atoms with Crippen molar-refractivity contribution in [1.29, 1.82) is 0 Å². The van der Waals surface area contributed by atoms with Crippen molar-refractivity contribution in [2.75, 3.05) is 23.9 Å². The van der Waals surface area contributed by atoms with Crippen LogP contribution in [0.2, 0.25) is 5.02 Å². The molecule has 274 valence electrons. The van der Waals surface area contributed by atoms with E-state index in [2.05, 4.69) is 104 Å². The number of hydrogen-bond acceptors (Lipinski definition) is 5. The van der Waals surface area contributed by atoms with Crippen molar-refractivity contribution in [3.63, 3.8) is 0 Å². The maximum absolute atomic E-state index is 15.1. The van der Waals surface area contributed by atoms with Gasteiger partial charge >= 0.3 is 271 Å². The Bertz CT molecular complexity index is 2180. The quantitative estimate of drug-likeness (QED) is 0.0687. The van der Waals surface area contributed by atoms with E-state index in [1.807, 2.05) is 18.2 Å². The molecule has 0 saturated heterocycles. The topological polar surface area (TPSA) is 97.4 Å². The number of nitrogens with zero attached hydrogens (tertiary/aromatic N) is 1. The number of anilines is 2. The number of hydrogen-bond donors (Lipinski definition) is 2. The number of unbranched alkanes of at least 4 members (excludes halogenated alkanes) is 1. The van der Waals surface area contributed by atoms with Gasteiger partial charge in [0.1, 0.15) is 5.69 Å². The van der Waals surface area contributed by atoms with E-state index in [1.54, 1.807) is 18.2 Å². The van der Waals surface area contributed by atoms with Gasteiger partial charge in [0.15, 0.2) is 0 Å². The first-order valence-electron chi connectivity index (χ1n) is 17.2. The SMILES string of the molecule is COC(=O)Nc1ccc(-c2cc(F)cc(C(=O)c3ccc(Cl)cn3)c2)c(NC(=O)CCCCP(Br)(c2ccccc2)(c2ccccc2)c2ccccc2)c1. The Balaban J connectivity index is 1.27. The first kappa shape index (κ1) is 38.5. The van der Waals surface area contributed by atoms with Crippen LogP contribution in [0.5, 0.6) is 0 Å². The summed E-state index contributed by atoms with van der Waals surface area (Å²) >= 11 is 10.4. The van der Waals surface area contributed by atoms with E-state index in [1.165, 1.54) is 53.5 Å². The fraction of sp³-hybridized carbons (Fsp3) is 0.116. The second kappa shape index (κ2) is 16.9. The van der Waals surface area contributed by atoms with Gasteiger partial charge in [0, 0.05) is 6.20 Å². The molecule has 1 aromatic heterocycles. The summed E-state index contributed by atoms with van der Waals surface area (Å²) in [6.07, 6.45) is 2.91. The zero-order valence-corrected chi connectivity index (χ0v) is 32.6.